The van der Waals surface area contributed by atoms with Crippen molar-refractivity contribution in [2.75, 3.05) is 19.8 Å². The third kappa shape index (κ3) is 4.57. The summed E-state index contributed by atoms with van der Waals surface area (Å²) in [6.45, 7) is 10.8. The second-order valence-electron chi connectivity index (χ2n) is 15.0. The van der Waals surface area contributed by atoms with Crippen molar-refractivity contribution in [1.29, 1.82) is 0 Å². The van der Waals surface area contributed by atoms with Gasteiger partial charge >= 0.3 is 0 Å². The van der Waals surface area contributed by atoms with Crippen LogP contribution >= 0.6 is 0 Å². The van der Waals surface area contributed by atoms with E-state index in [4.69, 9.17) is 14.6 Å². The highest BCUT2D eigenvalue weighted by Gasteiger charge is 2.69. The third-order valence-corrected chi connectivity index (χ3v) is 13.1. The van der Waals surface area contributed by atoms with Crippen LogP contribution in [-0.2, 0) is 19.1 Å². The van der Waals surface area contributed by atoms with Crippen molar-refractivity contribution in [3.8, 4) is 0 Å². The molecular formula is C32H52N2O5. The van der Waals surface area contributed by atoms with Crippen molar-refractivity contribution in [3.63, 3.8) is 0 Å². The van der Waals surface area contributed by atoms with Crippen molar-refractivity contribution in [2.24, 2.45) is 52.3 Å². The minimum atomic E-state index is -0.335. The lowest BCUT2D eigenvalue weighted by atomic mass is 9.44. The van der Waals surface area contributed by atoms with E-state index in [2.05, 4.69) is 38.3 Å². The molecule has 39 heavy (non-hydrogen) atoms. The van der Waals surface area contributed by atoms with Gasteiger partial charge in [-0.1, -0.05) is 27.7 Å². The van der Waals surface area contributed by atoms with Gasteiger partial charge in [-0.2, -0.15) is 0 Å². The average molecular weight is 545 g/mol. The Morgan fingerprint density at radius 2 is 1.72 bits per heavy atom. The molecule has 4 aliphatic carbocycles. The number of carbonyl (C=O) groups is 2. The highest BCUT2D eigenvalue weighted by Crippen LogP contribution is 2.71. The van der Waals surface area contributed by atoms with Gasteiger partial charge in [0.1, 0.15) is 6.42 Å². The molecule has 0 radical (unpaired) electrons. The Labute approximate surface area is 234 Å². The number of rotatable bonds is 5. The van der Waals surface area contributed by atoms with Crippen molar-refractivity contribution in [1.82, 2.24) is 10.6 Å². The second-order valence-corrected chi connectivity index (χ2v) is 15.0. The Morgan fingerprint density at radius 1 is 0.923 bits per heavy atom. The molecule has 2 aliphatic heterocycles. The summed E-state index contributed by atoms with van der Waals surface area (Å²) in [6, 6.07) is 0.168. The lowest BCUT2D eigenvalue weighted by Gasteiger charge is -2.61. The Balaban J connectivity index is 1.10. The number of aliphatic hydroxyl groups is 1. The van der Waals surface area contributed by atoms with Gasteiger partial charge in [0.05, 0.1) is 19.3 Å². The normalized spacial score (nSPS) is 50.4. The molecule has 12 atom stereocenters. The van der Waals surface area contributed by atoms with Gasteiger partial charge in [0, 0.05) is 24.9 Å². The summed E-state index contributed by atoms with van der Waals surface area (Å²) < 4.78 is 13.4. The molecule has 6 rings (SSSR count). The van der Waals surface area contributed by atoms with E-state index in [1.165, 1.54) is 44.9 Å². The van der Waals surface area contributed by atoms with Gasteiger partial charge in [-0.15, -0.1) is 0 Å². The number of hydrogen-bond acceptors (Lipinski definition) is 5. The standard InChI is InChI=1S/C32H52N2O5/c1-19-7-12-32(38-18-19)20(2)29-26(39-32)16-25-23-6-5-21-15-22(34-28(37)17-27(36)33-13-14-35)8-10-30(21,3)24(23)9-11-31(25,29)4/h19-26,29,35H,5-18H2,1-4H3,(H,33,36)(H,34,37)/t19-,20+,21-,22?,23-,24+,25+,26+,29+,30+,31+,32-/m1/s1. The fraction of sp³-hybridized carbons (Fsp3) is 0.938. The number of amides is 2. The van der Waals surface area contributed by atoms with Crippen molar-refractivity contribution in [2.45, 2.75) is 116 Å². The Kier molecular flexibility index (Phi) is 7.36. The molecule has 7 nitrogen and oxygen atoms in total. The maximum absolute atomic E-state index is 12.5. The molecule has 1 spiro atoms. The van der Waals surface area contributed by atoms with Crippen LogP contribution in [0.3, 0.4) is 0 Å². The zero-order valence-corrected chi connectivity index (χ0v) is 24.7. The average Bonchev–Trinajstić information content (AvgIpc) is 3.34. The number of aliphatic hydroxyl groups excluding tert-OH is 1. The fourth-order valence-corrected chi connectivity index (χ4v) is 11.1. The van der Waals surface area contributed by atoms with Crippen LogP contribution in [0.25, 0.3) is 0 Å². The largest absolute Gasteiger partial charge is 0.395 e. The van der Waals surface area contributed by atoms with Crippen molar-refractivity contribution < 1.29 is 24.2 Å². The van der Waals surface area contributed by atoms with Gasteiger partial charge in [0.25, 0.3) is 0 Å². The molecule has 0 bridgehead atoms. The first kappa shape index (κ1) is 28.0. The lowest BCUT2D eigenvalue weighted by Crippen LogP contribution is -2.56. The number of nitrogens with one attached hydrogen (secondary N) is 2. The van der Waals surface area contributed by atoms with Crippen LogP contribution in [0.4, 0.5) is 0 Å². The summed E-state index contributed by atoms with van der Waals surface area (Å²) in [5.74, 6) is 3.83. The molecule has 0 aromatic carbocycles. The maximum atomic E-state index is 12.5. The van der Waals surface area contributed by atoms with Crippen LogP contribution in [0.1, 0.15) is 98.3 Å². The van der Waals surface area contributed by atoms with E-state index < -0.39 is 0 Å². The summed E-state index contributed by atoms with van der Waals surface area (Å²) >= 11 is 0. The molecule has 6 fully saturated rings. The van der Waals surface area contributed by atoms with E-state index >= 15 is 0 Å². The van der Waals surface area contributed by atoms with Crippen LogP contribution in [0.5, 0.6) is 0 Å². The molecule has 3 N–H and O–H groups in total. The highest BCUT2D eigenvalue weighted by atomic mass is 16.7. The third-order valence-electron chi connectivity index (χ3n) is 13.1. The predicted octanol–water partition coefficient (Wildman–Crippen LogP) is 4.42. The van der Waals surface area contributed by atoms with Crippen LogP contribution in [-0.4, -0.2) is 54.6 Å². The zero-order valence-electron chi connectivity index (χ0n) is 24.7. The smallest absolute Gasteiger partial charge is 0.229 e. The van der Waals surface area contributed by atoms with E-state index in [1.54, 1.807) is 0 Å². The predicted molar refractivity (Wildman–Crippen MR) is 148 cm³/mol. The number of ether oxygens (including phenoxy) is 2. The molecule has 0 aromatic heterocycles. The van der Waals surface area contributed by atoms with Gasteiger partial charge in [-0.05, 0) is 104 Å². The minimum absolute atomic E-state index is 0.111. The summed E-state index contributed by atoms with van der Waals surface area (Å²) in [5.41, 5.74) is 0.699. The monoisotopic (exact) mass is 544 g/mol. The van der Waals surface area contributed by atoms with Gasteiger partial charge < -0.3 is 25.2 Å². The maximum Gasteiger partial charge on any atom is 0.229 e. The summed E-state index contributed by atoms with van der Waals surface area (Å²) in [7, 11) is 0. The van der Waals surface area contributed by atoms with Gasteiger partial charge in [0.15, 0.2) is 5.79 Å². The molecule has 2 heterocycles. The SMILES string of the molecule is C[C@@H]1CC[C@@]2(OC1)O[C@H]1C[C@H]3[C@@H]4CC[C@@H]5CC(NC(=O)CC(=O)NCCO)CC[C@]5(C)[C@H]4CC[C@]3(C)[C@H]1[C@@H]2C. The molecule has 6 aliphatic rings. The van der Waals surface area contributed by atoms with Crippen LogP contribution in [0.15, 0.2) is 0 Å². The molecule has 7 heteroatoms. The van der Waals surface area contributed by atoms with Crippen molar-refractivity contribution >= 4 is 11.8 Å². The molecule has 1 unspecified atom stereocenters. The number of hydrogen-bond donors (Lipinski definition) is 3. The molecule has 0 aromatic rings. The number of fused-ring (bicyclic) bond motifs is 7. The fourth-order valence-electron chi connectivity index (χ4n) is 11.1. The van der Waals surface area contributed by atoms with Gasteiger partial charge in [0.2, 0.25) is 11.8 Å². The van der Waals surface area contributed by atoms with E-state index in [0.29, 0.717) is 40.6 Å². The quantitative estimate of drug-likeness (QED) is 0.446. The Morgan fingerprint density at radius 3 is 2.46 bits per heavy atom. The van der Waals surface area contributed by atoms with Crippen LogP contribution < -0.4 is 10.6 Å². The highest BCUT2D eigenvalue weighted by molar-refractivity contribution is 5.96. The van der Waals surface area contributed by atoms with Crippen molar-refractivity contribution in [3.05, 3.63) is 0 Å². The zero-order chi connectivity index (χ0) is 27.6. The van der Waals surface area contributed by atoms with Gasteiger partial charge in [-0.25, -0.2) is 0 Å². The van der Waals surface area contributed by atoms with E-state index in [9.17, 15) is 9.59 Å². The molecule has 220 valence electrons. The first-order valence-corrected chi connectivity index (χ1v) is 16.1. The first-order valence-electron chi connectivity index (χ1n) is 16.1. The second kappa shape index (κ2) is 10.3. The minimum Gasteiger partial charge on any atom is -0.395 e. The van der Waals surface area contributed by atoms with E-state index in [0.717, 1.165) is 43.6 Å². The van der Waals surface area contributed by atoms with Gasteiger partial charge in [-0.3, -0.25) is 9.59 Å². The topological polar surface area (TPSA) is 96.9 Å². The molecule has 4 saturated carbocycles. The number of carbonyl (C=O) groups excluding carboxylic acids is 2. The Hall–Kier alpha value is -1.18. The summed E-state index contributed by atoms with van der Waals surface area (Å²) in [6.07, 6.45) is 12.1. The lowest BCUT2D eigenvalue weighted by molar-refractivity contribution is -0.273. The van der Waals surface area contributed by atoms with Crippen LogP contribution in [0, 0.1) is 52.3 Å². The molecular weight excluding hydrogens is 492 g/mol. The first-order chi connectivity index (χ1) is 18.6. The van der Waals surface area contributed by atoms with E-state index in [1.807, 2.05) is 0 Å². The molecule has 2 saturated heterocycles. The Bertz CT molecular complexity index is 949. The summed E-state index contributed by atoms with van der Waals surface area (Å²) in [4.78, 5) is 24.4. The van der Waals surface area contributed by atoms with Crippen LogP contribution in [0.2, 0.25) is 0 Å². The summed E-state index contributed by atoms with van der Waals surface area (Å²) in [5, 5.41) is 14.6. The molecule has 2 amide bonds. The van der Waals surface area contributed by atoms with E-state index in [-0.39, 0.29) is 43.2 Å².